The molecule has 0 aliphatic heterocycles. The Hall–Kier alpha value is -2.44. The van der Waals surface area contributed by atoms with Crippen LogP contribution in [0.15, 0.2) is 12.1 Å². The molecule has 7 nitrogen and oxygen atoms in total. The van der Waals surface area contributed by atoms with Crippen molar-refractivity contribution in [3.8, 4) is 11.5 Å². The number of nitrogens with zero attached hydrogens (tertiary/aromatic N) is 3. The highest BCUT2D eigenvalue weighted by molar-refractivity contribution is 5.97. The van der Waals surface area contributed by atoms with Crippen molar-refractivity contribution < 1.29 is 14.6 Å². The third kappa shape index (κ3) is 6.04. The van der Waals surface area contributed by atoms with Gasteiger partial charge in [0.25, 0.3) is 0 Å². The number of unbranched alkanes of at least 4 members (excludes halogenated alkanes) is 4. The number of benzene rings is 1. The van der Waals surface area contributed by atoms with Crippen molar-refractivity contribution in [2.45, 2.75) is 78.1 Å². The molecule has 2 aromatic rings. The molecule has 0 atom stereocenters. The summed E-state index contributed by atoms with van der Waals surface area (Å²) in [6.45, 7) is 8.37. The number of aryl methyl sites for hydroxylation is 1. The van der Waals surface area contributed by atoms with Crippen LogP contribution in [-0.2, 0) is 11.8 Å². The number of aromatic amines is 1. The van der Waals surface area contributed by atoms with Crippen molar-refractivity contribution >= 4 is 5.78 Å². The molecule has 28 heavy (non-hydrogen) atoms. The van der Waals surface area contributed by atoms with Crippen molar-refractivity contribution in [1.29, 1.82) is 0 Å². The largest absolute Gasteiger partial charge is 0.507 e. The zero-order chi connectivity index (χ0) is 20.6. The molecule has 0 aliphatic rings. The maximum absolute atomic E-state index is 11.5. The van der Waals surface area contributed by atoms with Gasteiger partial charge in [-0.15, -0.1) is 10.2 Å². The molecule has 1 aromatic heterocycles. The first-order valence-corrected chi connectivity index (χ1v) is 10.1. The van der Waals surface area contributed by atoms with E-state index in [0.717, 1.165) is 56.3 Å². The predicted octanol–water partition coefficient (Wildman–Crippen LogP) is 4.37. The van der Waals surface area contributed by atoms with Crippen LogP contribution in [0.25, 0.3) is 0 Å². The van der Waals surface area contributed by atoms with Gasteiger partial charge in [0, 0.05) is 11.5 Å². The molecule has 0 bridgehead atoms. The molecular weight excluding hydrogens is 356 g/mol. The van der Waals surface area contributed by atoms with Crippen molar-refractivity contribution in [2.75, 3.05) is 6.61 Å². The standard InChI is InChI=1S/C21H32N4O3/c1-5-16-13-17(15(2)26)18(27)14-19(16)28-12-10-8-6-7-9-11-21(3,4)20-22-24-25-23-20/h13-14,27H,5-12H2,1-4H3,(H,22,23,24,25). The number of H-pyrrole nitrogens is 1. The molecular formula is C21H32N4O3. The fraction of sp³-hybridized carbons (Fsp3) is 0.619. The number of rotatable bonds is 12. The van der Waals surface area contributed by atoms with E-state index in [1.54, 1.807) is 12.1 Å². The Kier molecular flexibility index (Phi) is 7.96. The van der Waals surface area contributed by atoms with Crippen LogP contribution in [0.3, 0.4) is 0 Å². The van der Waals surface area contributed by atoms with Gasteiger partial charge in [0.05, 0.1) is 12.2 Å². The number of phenols is 1. The highest BCUT2D eigenvalue weighted by Crippen LogP contribution is 2.30. The maximum atomic E-state index is 11.5. The summed E-state index contributed by atoms with van der Waals surface area (Å²) < 4.78 is 5.86. The van der Waals surface area contributed by atoms with Gasteiger partial charge in [0.15, 0.2) is 11.6 Å². The van der Waals surface area contributed by atoms with Crippen LogP contribution in [0.4, 0.5) is 0 Å². The lowest BCUT2D eigenvalue weighted by Crippen LogP contribution is -2.19. The molecule has 0 aliphatic carbocycles. The summed E-state index contributed by atoms with van der Waals surface area (Å²) >= 11 is 0. The monoisotopic (exact) mass is 388 g/mol. The van der Waals surface area contributed by atoms with Crippen molar-refractivity contribution in [3.05, 3.63) is 29.1 Å². The summed E-state index contributed by atoms with van der Waals surface area (Å²) in [6, 6.07) is 3.30. The zero-order valence-electron chi connectivity index (χ0n) is 17.4. The van der Waals surface area contributed by atoms with Gasteiger partial charge < -0.3 is 9.84 Å². The second kappa shape index (κ2) is 10.2. The fourth-order valence-corrected chi connectivity index (χ4v) is 3.25. The van der Waals surface area contributed by atoms with E-state index in [4.69, 9.17) is 4.74 Å². The molecule has 1 aromatic carbocycles. The van der Waals surface area contributed by atoms with E-state index in [2.05, 4.69) is 34.5 Å². The number of ketones is 1. The number of carbonyl (C=O) groups is 1. The number of tetrazole rings is 1. The summed E-state index contributed by atoms with van der Waals surface area (Å²) in [4.78, 5) is 11.5. The fourth-order valence-electron chi connectivity index (χ4n) is 3.25. The minimum atomic E-state index is -0.138. The Morgan fingerprint density at radius 1 is 1.18 bits per heavy atom. The normalized spacial score (nSPS) is 11.6. The van der Waals surface area contributed by atoms with E-state index in [0.29, 0.717) is 17.9 Å². The van der Waals surface area contributed by atoms with Crippen LogP contribution in [0, 0.1) is 0 Å². The molecule has 0 fully saturated rings. The number of ether oxygens (including phenoxy) is 1. The van der Waals surface area contributed by atoms with Crippen LogP contribution in [0.5, 0.6) is 11.5 Å². The van der Waals surface area contributed by atoms with E-state index in [-0.39, 0.29) is 16.9 Å². The first kappa shape index (κ1) is 21.9. The summed E-state index contributed by atoms with van der Waals surface area (Å²) in [5, 5.41) is 24.3. The van der Waals surface area contributed by atoms with Crippen LogP contribution in [0.1, 0.15) is 88.0 Å². The Balaban J connectivity index is 1.67. The van der Waals surface area contributed by atoms with Gasteiger partial charge in [-0.25, -0.2) is 0 Å². The van der Waals surface area contributed by atoms with Crippen LogP contribution < -0.4 is 4.74 Å². The number of phenolic OH excluding ortho intramolecular Hbond substituents is 1. The summed E-state index contributed by atoms with van der Waals surface area (Å²) in [7, 11) is 0. The van der Waals surface area contributed by atoms with Gasteiger partial charge in [-0.2, -0.15) is 5.21 Å². The molecule has 0 amide bonds. The summed E-state index contributed by atoms with van der Waals surface area (Å²) in [5.74, 6) is 1.30. The number of carbonyl (C=O) groups excluding carboxylic acids is 1. The molecule has 2 N–H and O–H groups in total. The molecule has 0 unspecified atom stereocenters. The smallest absolute Gasteiger partial charge is 0.180 e. The lowest BCUT2D eigenvalue weighted by molar-refractivity contribution is 0.101. The highest BCUT2D eigenvalue weighted by Gasteiger charge is 2.24. The quantitative estimate of drug-likeness (QED) is 0.414. The topological polar surface area (TPSA) is 101 Å². The lowest BCUT2D eigenvalue weighted by Gasteiger charge is -2.19. The minimum absolute atomic E-state index is 0.0103. The number of Topliss-reactive ketones (excluding diaryl/α,β-unsaturated/α-hetero) is 1. The first-order valence-electron chi connectivity index (χ1n) is 10.1. The number of nitrogens with one attached hydrogen (secondary N) is 1. The summed E-state index contributed by atoms with van der Waals surface area (Å²) in [6.07, 6.45) is 7.30. The molecule has 0 radical (unpaired) electrons. The molecule has 0 saturated heterocycles. The molecule has 0 spiro atoms. The van der Waals surface area contributed by atoms with Crippen LogP contribution in [0.2, 0.25) is 0 Å². The van der Waals surface area contributed by atoms with E-state index >= 15 is 0 Å². The summed E-state index contributed by atoms with van der Waals surface area (Å²) in [5.41, 5.74) is 1.25. The Morgan fingerprint density at radius 3 is 2.54 bits per heavy atom. The average Bonchev–Trinajstić information content (AvgIpc) is 3.19. The molecule has 7 heteroatoms. The van der Waals surface area contributed by atoms with E-state index in [1.807, 2.05) is 6.92 Å². The zero-order valence-corrected chi connectivity index (χ0v) is 17.4. The Bertz CT molecular complexity index is 757. The molecule has 154 valence electrons. The van der Waals surface area contributed by atoms with Crippen LogP contribution >= 0.6 is 0 Å². The first-order chi connectivity index (χ1) is 13.3. The second-order valence-electron chi connectivity index (χ2n) is 7.87. The Morgan fingerprint density at radius 2 is 1.89 bits per heavy atom. The third-order valence-electron chi connectivity index (χ3n) is 5.09. The van der Waals surface area contributed by atoms with Gasteiger partial charge >= 0.3 is 0 Å². The van der Waals surface area contributed by atoms with Gasteiger partial charge in [0.1, 0.15) is 11.5 Å². The number of hydrogen-bond acceptors (Lipinski definition) is 6. The van der Waals surface area contributed by atoms with Crippen molar-refractivity contribution in [1.82, 2.24) is 20.6 Å². The van der Waals surface area contributed by atoms with E-state index in [1.165, 1.54) is 6.92 Å². The Labute approximate surface area is 166 Å². The number of hydrogen-bond donors (Lipinski definition) is 2. The van der Waals surface area contributed by atoms with Gasteiger partial charge in [0.2, 0.25) is 0 Å². The van der Waals surface area contributed by atoms with E-state index < -0.39 is 0 Å². The highest BCUT2D eigenvalue weighted by atomic mass is 16.5. The molecule has 0 saturated carbocycles. The van der Waals surface area contributed by atoms with Gasteiger partial charge in [-0.05, 0) is 37.8 Å². The van der Waals surface area contributed by atoms with Gasteiger partial charge in [-0.1, -0.05) is 51.7 Å². The predicted molar refractivity (Wildman–Crippen MR) is 108 cm³/mol. The SMILES string of the molecule is CCc1cc(C(C)=O)c(O)cc1OCCCCCCCC(C)(C)c1nn[nH]n1. The molecule has 1 heterocycles. The maximum Gasteiger partial charge on any atom is 0.180 e. The van der Waals surface area contributed by atoms with Crippen molar-refractivity contribution in [3.63, 3.8) is 0 Å². The molecule has 2 rings (SSSR count). The third-order valence-corrected chi connectivity index (χ3v) is 5.09. The number of aromatic nitrogens is 4. The average molecular weight is 389 g/mol. The van der Waals surface area contributed by atoms with Crippen molar-refractivity contribution in [2.24, 2.45) is 0 Å². The van der Waals surface area contributed by atoms with Gasteiger partial charge in [-0.3, -0.25) is 4.79 Å². The van der Waals surface area contributed by atoms with Crippen LogP contribution in [-0.4, -0.2) is 38.1 Å². The lowest BCUT2D eigenvalue weighted by atomic mass is 9.86. The van der Waals surface area contributed by atoms with E-state index in [9.17, 15) is 9.90 Å². The minimum Gasteiger partial charge on any atom is -0.507 e. The second-order valence-corrected chi connectivity index (χ2v) is 7.87. The number of aromatic hydroxyl groups is 1.